The number of rotatable bonds is 6. The van der Waals surface area contributed by atoms with Crippen LogP contribution >= 0.6 is 0 Å². The number of methoxy groups -OCH3 is 1. The molecule has 3 rings (SSSR count). The molecule has 0 spiro atoms. The summed E-state index contributed by atoms with van der Waals surface area (Å²) >= 11 is 0. The Morgan fingerprint density at radius 2 is 1.76 bits per heavy atom. The third-order valence-electron chi connectivity index (χ3n) is 4.76. The lowest BCUT2D eigenvalue weighted by molar-refractivity contribution is 0.414. The maximum Gasteiger partial charge on any atom is 0.238 e. The summed E-state index contributed by atoms with van der Waals surface area (Å²) in [7, 11) is -5.50. The second-order valence-electron chi connectivity index (χ2n) is 7.21. The third-order valence-corrected chi connectivity index (χ3v) is 6.52. The quantitative estimate of drug-likeness (QED) is 0.754. The molecule has 2 N–H and O–H groups in total. The summed E-state index contributed by atoms with van der Waals surface area (Å²) in [5, 5.41) is 5.15. The van der Waals surface area contributed by atoms with Gasteiger partial charge in [0.25, 0.3) is 0 Å². The van der Waals surface area contributed by atoms with Gasteiger partial charge >= 0.3 is 0 Å². The van der Waals surface area contributed by atoms with Gasteiger partial charge in [0.2, 0.25) is 10.0 Å². The Kier molecular flexibility index (Phi) is 5.71. The summed E-state index contributed by atoms with van der Waals surface area (Å²) in [6, 6.07) is 11.8. The van der Waals surface area contributed by atoms with E-state index in [0.29, 0.717) is 16.9 Å². The first-order chi connectivity index (χ1) is 13.5. The van der Waals surface area contributed by atoms with Gasteiger partial charge in [0.1, 0.15) is 5.75 Å². The summed E-state index contributed by atoms with van der Waals surface area (Å²) in [6.07, 6.45) is 3.71. The molecule has 2 aromatic rings. The molecule has 0 amide bonds. The predicted molar refractivity (Wildman–Crippen MR) is 115 cm³/mol. The number of hydrogen-bond donors (Lipinski definition) is 1. The molecule has 6 nitrogen and oxygen atoms in total. The Morgan fingerprint density at radius 3 is 2.31 bits per heavy atom. The van der Waals surface area contributed by atoms with Crippen molar-refractivity contribution in [3.8, 4) is 5.75 Å². The molecule has 8 heteroatoms. The molecule has 0 aromatic heterocycles. The van der Waals surface area contributed by atoms with Crippen LogP contribution in [-0.2, 0) is 26.3 Å². The smallest absolute Gasteiger partial charge is 0.238 e. The van der Waals surface area contributed by atoms with E-state index in [1.807, 2.05) is 25.1 Å². The first-order valence-electron chi connectivity index (χ1n) is 8.86. The van der Waals surface area contributed by atoms with Crippen molar-refractivity contribution < 1.29 is 21.6 Å². The fraction of sp³-hybridized carbons (Fsp3) is 0.238. The van der Waals surface area contributed by atoms with Gasteiger partial charge in [0, 0.05) is 6.26 Å². The highest BCUT2D eigenvalue weighted by molar-refractivity contribution is 7.90. The molecule has 0 saturated carbocycles. The molecular weight excluding hydrogens is 410 g/mol. The number of nitrogens with two attached hydrogens (primary N) is 1. The van der Waals surface area contributed by atoms with E-state index in [4.69, 9.17) is 9.88 Å². The maximum absolute atomic E-state index is 12.1. The molecule has 154 valence electrons. The summed E-state index contributed by atoms with van der Waals surface area (Å²) in [5.41, 5.74) is 5.37. The Morgan fingerprint density at radius 1 is 1.10 bits per heavy atom. The molecule has 1 aliphatic rings. The summed E-state index contributed by atoms with van der Waals surface area (Å²) in [6.45, 7) is 1.99. The number of benzene rings is 2. The second kappa shape index (κ2) is 7.78. The van der Waals surface area contributed by atoms with Crippen LogP contribution in [0.25, 0.3) is 11.6 Å². The lowest BCUT2D eigenvalue weighted by Gasteiger charge is -2.13. The topological polar surface area (TPSA) is 104 Å². The molecule has 0 saturated heterocycles. The second-order valence-corrected chi connectivity index (χ2v) is 10.9. The van der Waals surface area contributed by atoms with Crippen LogP contribution in [0.4, 0.5) is 0 Å². The zero-order chi connectivity index (χ0) is 21.4. The number of hydrogen-bond acceptors (Lipinski definition) is 5. The van der Waals surface area contributed by atoms with Crippen molar-refractivity contribution in [2.45, 2.75) is 18.2 Å². The highest BCUT2D eigenvalue weighted by Gasteiger charge is 2.24. The van der Waals surface area contributed by atoms with Gasteiger partial charge in [-0.25, -0.2) is 22.0 Å². The molecule has 0 bridgehead atoms. The van der Waals surface area contributed by atoms with Crippen LogP contribution in [0.1, 0.15) is 23.6 Å². The van der Waals surface area contributed by atoms with E-state index in [9.17, 15) is 16.8 Å². The standard InChI is InChI=1S/C21H23NO5S2/c1-14-10-16-6-7-18(27-2)12-20(16)21(14)17(13-28(3,23)24)11-15-4-8-19(9-5-15)29(22,25)26/h4-9,11-12H,10,13H2,1-3H3,(H2,22,25,26). The minimum Gasteiger partial charge on any atom is -0.497 e. The van der Waals surface area contributed by atoms with Gasteiger partial charge in [0.15, 0.2) is 9.84 Å². The summed E-state index contributed by atoms with van der Waals surface area (Å²) < 4.78 is 52.5. The van der Waals surface area contributed by atoms with Crippen LogP contribution in [0.5, 0.6) is 5.75 Å². The Bertz CT molecular complexity index is 1220. The van der Waals surface area contributed by atoms with Gasteiger partial charge in [-0.2, -0.15) is 0 Å². The van der Waals surface area contributed by atoms with Crippen LogP contribution in [0.3, 0.4) is 0 Å². The van der Waals surface area contributed by atoms with E-state index in [-0.39, 0.29) is 10.6 Å². The van der Waals surface area contributed by atoms with E-state index in [1.54, 1.807) is 25.3 Å². The van der Waals surface area contributed by atoms with Gasteiger partial charge in [-0.15, -0.1) is 0 Å². The summed E-state index contributed by atoms with van der Waals surface area (Å²) in [5.74, 6) is 0.569. The number of sulfonamides is 1. The fourth-order valence-corrected chi connectivity index (χ4v) is 4.85. The maximum atomic E-state index is 12.1. The highest BCUT2D eigenvalue weighted by Crippen LogP contribution is 2.40. The van der Waals surface area contributed by atoms with Crippen LogP contribution in [0, 0.1) is 0 Å². The van der Waals surface area contributed by atoms with E-state index in [1.165, 1.54) is 18.4 Å². The van der Waals surface area contributed by atoms with E-state index < -0.39 is 19.9 Å². The van der Waals surface area contributed by atoms with Crippen LogP contribution in [0.2, 0.25) is 0 Å². The van der Waals surface area contributed by atoms with Gasteiger partial charge in [-0.05, 0) is 65.4 Å². The molecule has 0 heterocycles. The van der Waals surface area contributed by atoms with Gasteiger partial charge < -0.3 is 4.74 Å². The average molecular weight is 434 g/mol. The first kappa shape index (κ1) is 21.3. The molecule has 1 aliphatic carbocycles. The van der Waals surface area contributed by atoms with E-state index in [0.717, 1.165) is 28.7 Å². The van der Waals surface area contributed by atoms with Crippen molar-refractivity contribution in [1.82, 2.24) is 0 Å². The lowest BCUT2D eigenvalue weighted by Crippen LogP contribution is -2.11. The monoisotopic (exact) mass is 433 g/mol. The molecule has 2 aromatic carbocycles. The molecular formula is C21H23NO5S2. The van der Waals surface area contributed by atoms with Crippen molar-refractivity contribution in [1.29, 1.82) is 0 Å². The molecule has 0 unspecified atom stereocenters. The van der Waals surface area contributed by atoms with Gasteiger partial charge in [0.05, 0.1) is 17.8 Å². The average Bonchev–Trinajstić information content (AvgIpc) is 2.94. The minimum absolute atomic E-state index is 0.00524. The SMILES string of the molecule is COc1ccc2c(c1)C(C(=Cc1ccc(S(N)(=O)=O)cc1)CS(C)(=O)=O)=C(C)C2. The first-order valence-corrected chi connectivity index (χ1v) is 12.5. The van der Waals surface area contributed by atoms with Crippen molar-refractivity contribution in [2.24, 2.45) is 5.14 Å². The number of fused-ring (bicyclic) bond motifs is 1. The summed E-state index contributed by atoms with van der Waals surface area (Å²) in [4.78, 5) is 0.00524. The minimum atomic E-state index is -3.79. The van der Waals surface area contributed by atoms with Crippen LogP contribution in [-0.4, -0.2) is 36.0 Å². The Balaban J connectivity index is 2.12. The molecule has 0 radical (unpaired) electrons. The molecule has 29 heavy (non-hydrogen) atoms. The van der Waals surface area contributed by atoms with Gasteiger partial charge in [-0.3, -0.25) is 0 Å². The van der Waals surface area contributed by atoms with Crippen LogP contribution in [0.15, 0.2) is 58.5 Å². The molecule has 0 atom stereocenters. The largest absolute Gasteiger partial charge is 0.497 e. The zero-order valence-electron chi connectivity index (χ0n) is 16.5. The number of ether oxygens (including phenoxy) is 1. The zero-order valence-corrected chi connectivity index (χ0v) is 18.1. The fourth-order valence-electron chi connectivity index (χ4n) is 3.54. The van der Waals surface area contributed by atoms with Crippen molar-refractivity contribution in [3.05, 3.63) is 70.3 Å². The third kappa shape index (κ3) is 4.95. The van der Waals surface area contributed by atoms with Crippen molar-refractivity contribution in [3.63, 3.8) is 0 Å². The van der Waals surface area contributed by atoms with Crippen LogP contribution < -0.4 is 9.88 Å². The van der Waals surface area contributed by atoms with Crippen molar-refractivity contribution in [2.75, 3.05) is 19.1 Å². The van der Waals surface area contributed by atoms with E-state index in [2.05, 4.69) is 0 Å². The Hall–Kier alpha value is -2.42. The van der Waals surface area contributed by atoms with Gasteiger partial charge in [-0.1, -0.05) is 29.8 Å². The number of sulfone groups is 1. The number of primary sulfonamides is 1. The van der Waals surface area contributed by atoms with Crippen molar-refractivity contribution >= 4 is 31.5 Å². The molecule has 0 aliphatic heterocycles. The lowest BCUT2D eigenvalue weighted by atomic mass is 9.96. The Labute approximate surface area is 171 Å². The number of allylic oxidation sites excluding steroid dienone is 2. The molecule has 0 fully saturated rings. The highest BCUT2D eigenvalue weighted by atomic mass is 32.2. The predicted octanol–water partition coefficient (Wildman–Crippen LogP) is 2.80. The van der Waals surface area contributed by atoms with E-state index >= 15 is 0 Å². The normalized spacial score (nSPS) is 14.8.